The number of nitro groups is 1. The SMILES string of the molecule is COC(=O)c1cc([N+](=O)[O-])c(C=O)cc1C. The number of hydrogen-bond donors (Lipinski definition) is 0. The second-order valence-electron chi connectivity index (χ2n) is 3.09. The summed E-state index contributed by atoms with van der Waals surface area (Å²) < 4.78 is 4.48. The number of ether oxygens (including phenoxy) is 1. The van der Waals surface area contributed by atoms with Gasteiger partial charge in [-0.05, 0) is 18.6 Å². The van der Waals surface area contributed by atoms with Gasteiger partial charge in [-0.1, -0.05) is 0 Å². The molecule has 1 aromatic carbocycles. The lowest BCUT2D eigenvalue weighted by Gasteiger charge is -2.04. The minimum absolute atomic E-state index is 0.0600. The molecule has 0 fully saturated rings. The van der Waals surface area contributed by atoms with Crippen molar-refractivity contribution in [2.24, 2.45) is 0 Å². The highest BCUT2D eigenvalue weighted by Crippen LogP contribution is 2.22. The molecular weight excluding hydrogens is 214 g/mol. The molecule has 0 N–H and O–H groups in total. The normalized spacial score (nSPS) is 9.62. The first-order valence-corrected chi connectivity index (χ1v) is 4.33. The molecule has 0 atom stereocenters. The van der Waals surface area contributed by atoms with Crippen LogP contribution in [0.2, 0.25) is 0 Å². The van der Waals surface area contributed by atoms with Gasteiger partial charge >= 0.3 is 5.97 Å². The molecule has 1 rings (SSSR count). The van der Waals surface area contributed by atoms with Gasteiger partial charge in [0.1, 0.15) is 0 Å². The quantitative estimate of drug-likeness (QED) is 0.335. The van der Waals surface area contributed by atoms with Crippen molar-refractivity contribution in [1.29, 1.82) is 0 Å². The average molecular weight is 223 g/mol. The van der Waals surface area contributed by atoms with E-state index in [4.69, 9.17) is 0 Å². The third-order valence-electron chi connectivity index (χ3n) is 2.10. The molecule has 6 heteroatoms. The molecule has 0 bridgehead atoms. The van der Waals surface area contributed by atoms with E-state index < -0.39 is 16.6 Å². The minimum Gasteiger partial charge on any atom is -0.465 e. The molecule has 0 aliphatic heterocycles. The Kier molecular flexibility index (Phi) is 3.34. The van der Waals surface area contributed by atoms with E-state index in [9.17, 15) is 19.7 Å². The molecule has 84 valence electrons. The van der Waals surface area contributed by atoms with Gasteiger partial charge in [0.15, 0.2) is 6.29 Å². The first kappa shape index (κ1) is 11.8. The van der Waals surface area contributed by atoms with Crippen LogP contribution in [0, 0.1) is 17.0 Å². The van der Waals surface area contributed by atoms with Crippen molar-refractivity contribution in [3.63, 3.8) is 0 Å². The highest BCUT2D eigenvalue weighted by Gasteiger charge is 2.19. The maximum Gasteiger partial charge on any atom is 0.338 e. The Labute approximate surface area is 91.0 Å². The molecule has 0 amide bonds. The van der Waals surface area contributed by atoms with Gasteiger partial charge in [0.25, 0.3) is 5.69 Å². The second-order valence-corrected chi connectivity index (χ2v) is 3.09. The number of hydrogen-bond acceptors (Lipinski definition) is 5. The lowest BCUT2D eigenvalue weighted by molar-refractivity contribution is -0.385. The van der Waals surface area contributed by atoms with E-state index in [-0.39, 0.29) is 11.1 Å². The van der Waals surface area contributed by atoms with E-state index in [2.05, 4.69) is 4.74 Å². The van der Waals surface area contributed by atoms with Gasteiger partial charge in [-0.25, -0.2) is 4.79 Å². The van der Waals surface area contributed by atoms with Crippen LogP contribution in [0.3, 0.4) is 0 Å². The zero-order valence-electron chi connectivity index (χ0n) is 8.72. The van der Waals surface area contributed by atoms with Crippen LogP contribution >= 0.6 is 0 Å². The van der Waals surface area contributed by atoms with Crippen LogP contribution < -0.4 is 0 Å². The summed E-state index contributed by atoms with van der Waals surface area (Å²) in [5.41, 5.74) is 0.0792. The smallest absolute Gasteiger partial charge is 0.338 e. The Morgan fingerprint density at radius 1 is 1.50 bits per heavy atom. The molecule has 0 aliphatic rings. The summed E-state index contributed by atoms with van der Waals surface area (Å²) in [6.07, 6.45) is 0.381. The van der Waals surface area contributed by atoms with Gasteiger partial charge in [-0.2, -0.15) is 0 Å². The summed E-state index contributed by atoms with van der Waals surface area (Å²) in [5.74, 6) is -0.668. The van der Waals surface area contributed by atoms with Crippen LogP contribution in [0.1, 0.15) is 26.3 Å². The van der Waals surface area contributed by atoms with Gasteiger partial charge in [0, 0.05) is 6.07 Å². The van der Waals surface area contributed by atoms with Gasteiger partial charge in [0.2, 0.25) is 0 Å². The minimum atomic E-state index is -0.713. The number of carbonyl (C=O) groups is 2. The highest BCUT2D eigenvalue weighted by atomic mass is 16.6. The van der Waals surface area contributed by atoms with Crippen LogP contribution in [0.15, 0.2) is 12.1 Å². The summed E-state index contributed by atoms with van der Waals surface area (Å²) in [6, 6.07) is 2.34. The van der Waals surface area contributed by atoms with E-state index >= 15 is 0 Å². The van der Waals surface area contributed by atoms with Crippen LogP contribution in [0.4, 0.5) is 5.69 Å². The Bertz CT molecular complexity index is 467. The van der Waals surface area contributed by atoms with Gasteiger partial charge < -0.3 is 4.74 Å². The van der Waals surface area contributed by atoms with Crippen molar-refractivity contribution in [3.05, 3.63) is 38.9 Å². The zero-order valence-corrected chi connectivity index (χ0v) is 8.72. The predicted octanol–water partition coefficient (Wildman–Crippen LogP) is 1.50. The maximum atomic E-state index is 11.3. The molecule has 0 aromatic heterocycles. The van der Waals surface area contributed by atoms with Crippen molar-refractivity contribution < 1.29 is 19.2 Å². The summed E-state index contributed by atoms with van der Waals surface area (Å²) in [6.45, 7) is 1.57. The Hall–Kier alpha value is -2.24. The van der Waals surface area contributed by atoms with Crippen molar-refractivity contribution in [2.45, 2.75) is 6.92 Å². The molecule has 16 heavy (non-hydrogen) atoms. The van der Waals surface area contributed by atoms with Gasteiger partial charge in [0.05, 0.1) is 23.2 Å². The molecule has 1 aromatic rings. The van der Waals surface area contributed by atoms with Crippen LogP contribution in [0.25, 0.3) is 0 Å². The molecule has 0 saturated heterocycles. The van der Waals surface area contributed by atoms with Crippen LogP contribution in [0.5, 0.6) is 0 Å². The summed E-state index contributed by atoms with van der Waals surface area (Å²) >= 11 is 0. The van der Waals surface area contributed by atoms with E-state index in [0.29, 0.717) is 11.8 Å². The average Bonchev–Trinajstić information content (AvgIpc) is 2.27. The molecule has 0 heterocycles. The fourth-order valence-corrected chi connectivity index (χ4v) is 1.30. The lowest BCUT2D eigenvalue weighted by Crippen LogP contribution is -2.06. The highest BCUT2D eigenvalue weighted by molar-refractivity contribution is 5.94. The number of rotatable bonds is 3. The largest absolute Gasteiger partial charge is 0.465 e. The van der Waals surface area contributed by atoms with Crippen molar-refractivity contribution in [3.8, 4) is 0 Å². The first-order valence-electron chi connectivity index (χ1n) is 4.33. The van der Waals surface area contributed by atoms with Crippen molar-refractivity contribution >= 4 is 17.9 Å². The Morgan fingerprint density at radius 3 is 2.56 bits per heavy atom. The Morgan fingerprint density at radius 2 is 2.12 bits per heavy atom. The number of esters is 1. The van der Waals surface area contributed by atoms with Gasteiger partial charge in [-0.15, -0.1) is 0 Å². The molecule has 0 spiro atoms. The predicted molar refractivity (Wildman–Crippen MR) is 54.6 cm³/mol. The third-order valence-corrected chi connectivity index (χ3v) is 2.10. The number of nitro benzene ring substituents is 1. The topological polar surface area (TPSA) is 86.5 Å². The van der Waals surface area contributed by atoms with E-state index in [1.807, 2.05) is 0 Å². The molecule has 0 saturated carbocycles. The lowest BCUT2D eigenvalue weighted by atomic mass is 10.0. The summed E-state index contributed by atoms with van der Waals surface area (Å²) in [5, 5.41) is 10.6. The van der Waals surface area contributed by atoms with Crippen molar-refractivity contribution in [1.82, 2.24) is 0 Å². The van der Waals surface area contributed by atoms with E-state index in [1.54, 1.807) is 6.92 Å². The monoisotopic (exact) mass is 223 g/mol. The molecule has 0 radical (unpaired) electrons. The second kappa shape index (κ2) is 4.52. The van der Waals surface area contributed by atoms with Crippen LogP contribution in [-0.4, -0.2) is 24.3 Å². The Balaban J connectivity index is 3.44. The summed E-state index contributed by atoms with van der Waals surface area (Å²) in [7, 11) is 1.18. The first-order chi connectivity index (χ1) is 7.51. The number of carbonyl (C=O) groups excluding carboxylic acids is 2. The number of benzene rings is 1. The van der Waals surface area contributed by atoms with Crippen LogP contribution in [-0.2, 0) is 4.74 Å². The molecule has 0 aliphatic carbocycles. The number of nitrogens with zero attached hydrogens (tertiary/aromatic N) is 1. The fourth-order valence-electron chi connectivity index (χ4n) is 1.30. The number of aryl methyl sites for hydroxylation is 1. The standard InChI is InChI=1S/C10H9NO5/c1-6-3-7(5-12)9(11(14)15)4-8(6)10(13)16-2/h3-5H,1-2H3. The van der Waals surface area contributed by atoms with Crippen molar-refractivity contribution in [2.75, 3.05) is 7.11 Å². The van der Waals surface area contributed by atoms with E-state index in [0.717, 1.165) is 6.07 Å². The fraction of sp³-hybridized carbons (Fsp3) is 0.200. The maximum absolute atomic E-state index is 11.3. The number of methoxy groups -OCH3 is 1. The third kappa shape index (κ3) is 2.05. The van der Waals surface area contributed by atoms with Gasteiger partial charge in [-0.3, -0.25) is 14.9 Å². The summed E-state index contributed by atoms with van der Waals surface area (Å²) in [4.78, 5) is 31.8. The molecule has 6 nitrogen and oxygen atoms in total. The van der Waals surface area contributed by atoms with E-state index in [1.165, 1.54) is 13.2 Å². The molecular formula is C10H9NO5. The number of aldehydes is 1. The molecule has 0 unspecified atom stereocenters. The zero-order chi connectivity index (χ0) is 12.3.